The summed E-state index contributed by atoms with van der Waals surface area (Å²) in [6.07, 6.45) is 1.30. The Kier molecular flexibility index (Phi) is 7.28. The number of amides is 2. The molecule has 11 heteroatoms. The number of anilines is 1. The smallest absolute Gasteiger partial charge is 0.346 e. The molecule has 3 aromatic carbocycles. The second kappa shape index (κ2) is 10.9. The fraction of sp³-hybridized carbons (Fsp3) is 0. The number of esters is 1. The largest absolute Gasteiger partial charge is 0.423 e. The summed E-state index contributed by atoms with van der Waals surface area (Å²) in [4.78, 5) is 36.1. The molecule has 0 radical (unpaired) electrons. The molecule has 0 unspecified atom stereocenters. The fourth-order valence-corrected chi connectivity index (χ4v) is 3.50. The van der Waals surface area contributed by atoms with Gasteiger partial charge in [0.15, 0.2) is 0 Å². The van der Waals surface area contributed by atoms with E-state index in [1.807, 2.05) is 30.3 Å². The van der Waals surface area contributed by atoms with Crippen molar-refractivity contribution in [3.05, 3.63) is 95.8 Å². The molecule has 1 heterocycles. The molecule has 0 spiro atoms. The van der Waals surface area contributed by atoms with Gasteiger partial charge in [0.2, 0.25) is 5.13 Å². The molecule has 1 aromatic heterocycles. The molecular formula is C24H16FN5O4S. The second-order valence-electron chi connectivity index (χ2n) is 6.87. The molecule has 174 valence electrons. The SMILES string of the molecule is O=C(N/N=C\c1ccc(OC(=O)c2ccccc2F)cc1)C(=O)Nc1nnc(-c2ccccc2)s1. The van der Waals surface area contributed by atoms with Crippen molar-refractivity contribution in [3.8, 4) is 16.3 Å². The summed E-state index contributed by atoms with van der Waals surface area (Å²) >= 11 is 1.13. The highest BCUT2D eigenvalue weighted by atomic mass is 32.1. The summed E-state index contributed by atoms with van der Waals surface area (Å²) in [5.41, 5.74) is 3.32. The van der Waals surface area contributed by atoms with E-state index in [0.29, 0.717) is 10.6 Å². The van der Waals surface area contributed by atoms with Gasteiger partial charge in [-0.05, 0) is 42.0 Å². The van der Waals surface area contributed by atoms with Crippen LogP contribution in [0, 0.1) is 5.82 Å². The summed E-state index contributed by atoms with van der Waals surface area (Å²) in [5, 5.41) is 14.7. The first-order valence-corrected chi connectivity index (χ1v) is 10.9. The van der Waals surface area contributed by atoms with Crippen LogP contribution >= 0.6 is 11.3 Å². The first-order valence-electron chi connectivity index (χ1n) is 10.1. The summed E-state index contributed by atoms with van der Waals surface area (Å²) in [6, 6.07) is 20.9. The molecule has 0 aliphatic heterocycles. The molecule has 9 nitrogen and oxygen atoms in total. The number of nitrogens with zero attached hydrogens (tertiary/aromatic N) is 3. The maximum atomic E-state index is 13.7. The van der Waals surface area contributed by atoms with Gasteiger partial charge < -0.3 is 4.74 Å². The first kappa shape index (κ1) is 23.4. The number of halogens is 1. The Morgan fingerprint density at radius 3 is 2.34 bits per heavy atom. The van der Waals surface area contributed by atoms with Gasteiger partial charge in [-0.2, -0.15) is 5.10 Å². The zero-order valence-electron chi connectivity index (χ0n) is 17.8. The zero-order chi connectivity index (χ0) is 24.6. The minimum Gasteiger partial charge on any atom is -0.423 e. The predicted molar refractivity (Wildman–Crippen MR) is 128 cm³/mol. The van der Waals surface area contributed by atoms with Gasteiger partial charge in [-0.25, -0.2) is 14.6 Å². The van der Waals surface area contributed by atoms with Crippen LogP contribution in [-0.2, 0) is 9.59 Å². The normalized spacial score (nSPS) is 10.7. The molecule has 35 heavy (non-hydrogen) atoms. The van der Waals surface area contributed by atoms with Crippen molar-refractivity contribution < 1.29 is 23.5 Å². The van der Waals surface area contributed by atoms with Gasteiger partial charge in [-0.15, -0.1) is 10.2 Å². The van der Waals surface area contributed by atoms with E-state index in [2.05, 4.69) is 26.0 Å². The van der Waals surface area contributed by atoms with Crippen LogP contribution in [0.2, 0.25) is 0 Å². The molecule has 2 N–H and O–H groups in total. The highest BCUT2D eigenvalue weighted by molar-refractivity contribution is 7.18. The van der Waals surface area contributed by atoms with Crippen LogP contribution < -0.4 is 15.5 Å². The van der Waals surface area contributed by atoms with E-state index in [-0.39, 0.29) is 16.4 Å². The van der Waals surface area contributed by atoms with Crippen LogP contribution in [0.15, 0.2) is 84.0 Å². The maximum absolute atomic E-state index is 13.7. The summed E-state index contributed by atoms with van der Waals surface area (Å²) in [5.74, 6) is -3.25. The molecule has 0 saturated carbocycles. The van der Waals surface area contributed by atoms with Crippen molar-refractivity contribution in [1.29, 1.82) is 0 Å². The van der Waals surface area contributed by atoms with Crippen molar-refractivity contribution in [1.82, 2.24) is 15.6 Å². The molecule has 0 fully saturated rings. The average Bonchev–Trinajstić information content (AvgIpc) is 3.34. The molecular weight excluding hydrogens is 473 g/mol. The number of nitrogens with one attached hydrogen (secondary N) is 2. The van der Waals surface area contributed by atoms with Crippen LogP contribution in [-0.4, -0.2) is 34.2 Å². The zero-order valence-corrected chi connectivity index (χ0v) is 18.7. The monoisotopic (exact) mass is 489 g/mol. The molecule has 0 aliphatic rings. The van der Waals surface area contributed by atoms with Crippen LogP contribution in [0.1, 0.15) is 15.9 Å². The van der Waals surface area contributed by atoms with Gasteiger partial charge in [0, 0.05) is 5.56 Å². The molecule has 4 rings (SSSR count). The number of carbonyl (C=O) groups is 3. The lowest BCUT2D eigenvalue weighted by atomic mass is 10.2. The molecule has 0 atom stereocenters. The third-order valence-electron chi connectivity index (χ3n) is 4.44. The number of benzene rings is 3. The molecule has 0 saturated heterocycles. The van der Waals surface area contributed by atoms with Crippen LogP contribution in [0.3, 0.4) is 0 Å². The number of aromatic nitrogens is 2. The lowest BCUT2D eigenvalue weighted by Crippen LogP contribution is -2.32. The lowest BCUT2D eigenvalue weighted by molar-refractivity contribution is -0.136. The maximum Gasteiger partial charge on any atom is 0.346 e. The van der Waals surface area contributed by atoms with Gasteiger partial charge in [0.25, 0.3) is 0 Å². The number of ether oxygens (including phenoxy) is 1. The van der Waals surface area contributed by atoms with E-state index in [9.17, 15) is 18.8 Å². The second-order valence-corrected chi connectivity index (χ2v) is 7.85. The van der Waals surface area contributed by atoms with Crippen molar-refractivity contribution in [3.63, 3.8) is 0 Å². The van der Waals surface area contributed by atoms with Crippen molar-refractivity contribution in [2.45, 2.75) is 0 Å². The first-order chi connectivity index (χ1) is 17.0. The Morgan fingerprint density at radius 2 is 1.60 bits per heavy atom. The number of hydrogen-bond donors (Lipinski definition) is 2. The van der Waals surface area contributed by atoms with Gasteiger partial charge in [0.1, 0.15) is 16.6 Å². The topological polar surface area (TPSA) is 123 Å². The van der Waals surface area contributed by atoms with Crippen LogP contribution in [0.5, 0.6) is 5.75 Å². The standard InChI is InChI=1S/C24H16FN5O4S/c25-19-9-5-4-8-18(19)23(33)34-17-12-10-15(11-13-17)14-26-28-21(32)20(31)27-24-30-29-22(35-24)16-6-2-1-3-7-16/h1-14H,(H,28,32)(H,27,30,31)/b26-14-. The van der Waals surface area contributed by atoms with Crippen molar-refractivity contribution >= 4 is 40.5 Å². The number of hydrazone groups is 1. The van der Waals surface area contributed by atoms with Crippen molar-refractivity contribution in [2.24, 2.45) is 5.10 Å². The van der Waals surface area contributed by atoms with E-state index < -0.39 is 23.6 Å². The van der Waals surface area contributed by atoms with Crippen LogP contribution in [0.25, 0.3) is 10.6 Å². The summed E-state index contributed by atoms with van der Waals surface area (Å²) in [7, 11) is 0. The average molecular weight is 489 g/mol. The van der Waals surface area contributed by atoms with E-state index in [1.165, 1.54) is 42.6 Å². The highest BCUT2D eigenvalue weighted by Gasteiger charge is 2.16. The Labute approximate surface area is 202 Å². The van der Waals surface area contributed by atoms with E-state index in [0.717, 1.165) is 16.9 Å². The lowest BCUT2D eigenvalue weighted by Gasteiger charge is -2.05. The third kappa shape index (κ3) is 6.18. The van der Waals surface area contributed by atoms with E-state index in [4.69, 9.17) is 4.74 Å². The number of hydrogen-bond acceptors (Lipinski definition) is 8. The fourth-order valence-electron chi connectivity index (χ4n) is 2.75. The van der Waals surface area contributed by atoms with Gasteiger partial charge >= 0.3 is 17.8 Å². The molecule has 4 aromatic rings. The molecule has 0 bridgehead atoms. The van der Waals surface area contributed by atoms with Gasteiger partial charge in [0.05, 0.1) is 11.8 Å². The highest BCUT2D eigenvalue weighted by Crippen LogP contribution is 2.25. The van der Waals surface area contributed by atoms with E-state index in [1.54, 1.807) is 12.1 Å². The summed E-state index contributed by atoms with van der Waals surface area (Å²) in [6.45, 7) is 0. The Bertz CT molecular complexity index is 1390. The quantitative estimate of drug-likeness (QED) is 0.140. The number of rotatable bonds is 6. The van der Waals surface area contributed by atoms with Crippen molar-refractivity contribution in [2.75, 3.05) is 5.32 Å². The van der Waals surface area contributed by atoms with Gasteiger partial charge in [-0.1, -0.05) is 53.8 Å². The predicted octanol–water partition coefficient (Wildman–Crippen LogP) is 3.65. The third-order valence-corrected chi connectivity index (χ3v) is 5.32. The number of carbonyl (C=O) groups excluding carboxylic acids is 3. The minimum atomic E-state index is -0.992. The molecule has 2 amide bonds. The minimum absolute atomic E-state index is 0.175. The Balaban J connectivity index is 1.27. The molecule has 0 aliphatic carbocycles. The van der Waals surface area contributed by atoms with E-state index >= 15 is 0 Å². The van der Waals surface area contributed by atoms with Crippen LogP contribution in [0.4, 0.5) is 9.52 Å². The Morgan fingerprint density at radius 1 is 0.886 bits per heavy atom. The Hall–Kier alpha value is -4.77. The summed E-state index contributed by atoms with van der Waals surface area (Å²) < 4.78 is 18.8. The van der Waals surface area contributed by atoms with Gasteiger partial charge in [-0.3, -0.25) is 14.9 Å².